The zero-order chi connectivity index (χ0) is 27.3. The summed E-state index contributed by atoms with van der Waals surface area (Å²) >= 11 is 2.35. The molecule has 3 amide bonds. The molecule has 10 heteroatoms. The number of carbonyl (C=O) groups is 3. The standard InChI is InChI=1S/C29H30N4O4S2/c1-30(2)19-13-11-18(12-14-19)22-23-24(27(36)33(26(23)35)20-9-5-3-6-10-20)38-28-25(22)39-29(37)32(28)17-21(34)31-15-7-4-8-16-31/h3,5-6,9-14,22-24H,4,7-8,15-17H2,1-2H3. The fraction of sp³-hybridized carbons (Fsp3) is 0.379. The Morgan fingerprint density at radius 3 is 2.28 bits per heavy atom. The second kappa shape index (κ2) is 10.3. The van der Waals surface area contributed by atoms with Crippen molar-refractivity contribution in [3.63, 3.8) is 0 Å². The van der Waals surface area contributed by atoms with E-state index in [0.717, 1.165) is 46.7 Å². The van der Waals surface area contributed by atoms with E-state index in [9.17, 15) is 19.2 Å². The maximum atomic E-state index is 13.9. The highest BCUT2D eigenvalue weighted by molar-refractivity contribution is 8.00. The number of thiazole rings is 1. The first kappa shape index (κ1) is 25.9. The SMILES string of the molecule is CN(C)c1ccc(C2c3sc(=O)n(CC(=O)N4CCCCC4)c3SC3C(=O)N(c4ccccc4)C(=O)C32)cc1. The van der Waals surface area contributed by atoms with Crippen molar-refractivity contribution in [1.82, 2.24) is 9.47 Å². The van der Waals surface area contributed by atoms with Crippen LogP contribution in [0.3, 0.4) is 0 Å². The molecule has 4 heterocycles. The molecular weight excluding hydrogens is 532 g/mol. The van der Waals surface area contributed by atoms with Gasteiger partial charge in [0.15, 0.2) is 0 Å². The van der Waals surface area contributed by atoms with Gasteiger partial charge in [0.25, 0.3) is 0 Å². The summed E-state index contributed by atoms with van der Waals surface area (Å²) in [5, 5.41) is -0.0524. The predicted molar refractivity (Wildman–Crippen MR) is 154 cm³/mol. The molecule has 3 aliphatic heterocycles. The second-order valence-electron chi connectivity index (χ2n) is 10.4. The number of amides is 3. The number of nitrogens with zero attached hydrogens (tertiary/aromatic N) is 4. The first-order valence-corrected chi connectivity index (χ1v) is 14.9. The van der Waals surface area contributed by atoms with Crippen LogP contribution >= 0.6 is 23.1 Å². The van der Waals surface area contributed by atoms with E-state index in [1.165, 1.54) is 21.2 Å². The van der Waals surface area contributed by atoms with E-state index in [0.29, 0.717) is 23.8 Å². The van der Waals surface area contributed by atoms with E-state index in [1.54, 1.807) is 12.1 Å². The number of likely N-dealkylation sites (tertiary alicyclic amines) is 1. The number of thioether (sulfide) groups is 1. The quantitative estimate of drug-likeness (QED) is 0.440. The minimum absolute atomic E-state index is 0.0497. The lowest BCUT2D eigenvalue weighted by atomic mass is 9.83. The van der Waals surface area contributed by atoms with Gasteiger partial charge in [-0.3, -0.25) is 23.7 Å². The minimum Gasteiger partial charge on any atom is -0.378 e. The molecule has 202 valence electrons. The molecule has 8 nitrogen and oxygen atoms in total. The van der Waals surface area contributed by atoms with E-state index in [1.807, 2.05) is 66.4 Å². The van der Waals surface area contributed by atoms with Gasteiger partial charge in [-0.1, -0.05) is 53.4 Å². The van der Waals surface area contributed by atoms with Gasteiger partial charge in [0, 0.05) is 43.7 Å². The zero-order valence-corrected chi connectivity index (χ0v) is 23.5. The van der Waals surface area contributed by atoms with E-state index >= 15 is 0 Å². The first-order valence-electron chi connectivity index (χ1n) is 13.2. The molecule has 3 atom stereocenters. The minimum atomic E-state index is -0.686. The molecule has 39 heavy (non-hydrogen) atoms. The third-order valence-corrected chi connectivity index (χ3v) is 10.4. The second-order valence-corrected chi connectivity index (χ2v) is 12.6. The lowest BCUT2D eigenvalue weighted by molar-refractivity contribution is -0.133. The highest BCUT2D eigenvalue weighted by Crippen LogP contribution is 2.54. The van der Waals surface area contributed by atoms with Gasteiger partial charge >= 0.3 is 4.87 Å². The Morgan fingerprint density at radius 2 is 1.62 bits per heavy atom. The Labute approximate surface area is 235 Å². The lowest BCUT2D eigenvalue weighted by Crippen LogP contribution is -2.39. The van der Waals surface area contributed by atoms with Gasteiger partial charge in [0.05, 0.1) is 16.6 Å². The summed E-state index contributed by atoms with van der Waals surface area (Å²) in [4.78, 5) is 59.9. The molecular formula is C29H30N4O4S2. The lowest BCUT2D eigenvalue weighted by Gasteiger charge is -2.31. The molecule has 1 aromatic heterocycles. The van der Waals surface area contributed by atoms with Crippen molar-refractivity contribution in [3.8, 4) is 0 Å². The number of aromatic nitrogens is 1. The number of para-hydroxylation sites is 1. The van der Waals surface area contributed by atoms with Crippen LogP contribution in [0.1, 0.15) is 35.6 Å². The monoisotopic (exact) mass is 562 g/mol. The smallest absolute Gasteiger partial charge is 0.308 e. The fourth-order valence-corrected chi connectivity index (χ4v) is 8.58. The molecule has 0 spiro atoms. The molecule has 6 rings (SSSR count). The predicted octanol–water partition coefficient (Wildman–Crippen LogP) is 3.78. The molecule has 2 saturated heterocycles. The number of imide groups is 1. The van der Waals surface area contributed by atoms with E-state index in [-0.39, 0.29) is 29.1 Å². The number of fused-ring (bicyclic) bond motifs is 2. The van der Waals surface area contributed by atoms with Crippen LogP contribution in [0.2, 0.25) is 0 Å². The number of carbonyl (C=O) groups excluding carboxylic acids is 3. The van der Waals surface area contributed by atoms with Crippen molar-refractivity contribution in [2.75, 3.05) is 37.0 Å². The van der Waals surface area contributed by atoms with Crippen LogP contribution in [0.4, 0.5) is 11.4 Å². The summed E-state index contributed by atoms with van der Waals surface area (Å²) in [5.74, 6) is -1.73. The van der Waals surface area contributed by atoms with Crippen LogP contribution in [-0.2, 0) is 20.9 Å². The third-order valence-electron chi connectivity index (χ3n) is 7.83. The van der Waals surface area contributed by atoms with Gasteiger partial charge in [-0.25, -0.2) is 4.90 Å². The number of piperidine rings is 1. The first-order chi connectivity index (χ1) is 18.8. The van der Waals surface area contributed by atoms with Crippen molar-refractivity contribution >= 4 is 52.2 Å². The summed E-state index contributed by atoms with van der Waals surface area (Å²) in [7, 11) is 3.92. The van der Waals surface area contributed by atoms with Crippen molar-refractivity contribution in [1.29, 1.82) is 0 Å². The van der Waals surface area contributed by atoms with Gasteiger partial charge in [-0.2, -0.15) is 0 Å². The molecule has 2 aromatic carbocycles. The topological polar surface area (TPSA) is 82.9 Å². The van der Waals surface area contributed by atoms with Crippen LogP contribution in [0.15, 0.2) is 64.4 Å². The molecule has 3 unspecified atom stereocenters. The van der Waals surface area contributed by atoms with Crippen molar-refractivity contribution in [3.05, 3.63) is 74.7 Å². The van der Waals surface area contributed by atoms with E-state index < -0.39 is 17.1 Å². The third kappa shape index (κ3) is 4.49. The van der Waals surface area contributed by atoms with Gasteiger partial charge in [0.2, 0.25) is 17.7 Å². The van der Waals surface area contributed by atoms with Crippen molar-refractivity contribution < 1.29 is 14.4 Å². The highest BCUT2D eigenvalue weighted by Gasteiger charge is 2.56. The Hall–Kier alpha value is -3.37. The molecule has 0 bridgehead atoms. The Bertz CT molecular complexity index is 1480. The number of benzene rings is 2. The van der Waals surface area contributed by atoms with Crippen LogP contribution in [-0.4, -0.2) is 59.6 Å². The summed E-state index contributed by atoms with van der Waals surface area (Å²) in [6, 6.07) is 16.9. The van der Waals surface area contributed by atoms with Crippen LogP contribution in [0.5, 0.6) is 0 Å². The van der Waals surface area contributed by atoms with E-state index in [4.69, 9.17) is 0 Å². The molecule has 3 aliphatic rings. The highest BCUT2D eigenvalue weighted by atomic mass is 32.2. The number of hydrogen-bond acceptors (Lipinski definition) is 7. The summed E-state index contributed by atoms with van der Waals surface area (Å²) in [5.41, 5.74) is 2.44. The Kier molecular flexibility index (Phi) is 6.84. The van der Waals surface area contributed by atoms with Gasteiger partial charge in [-0.15, -0.1) is 0 Å². The fourth-order valence-electron chi connectivity index (χ4n) is 5.80. The summed E-state index contributed by atoms with van der Waals surface area (Å²) in [6.07, 6.45) is 3.05. The molecule has 0 aliphatic carbocycles. The van der Waals surface area contributed by atoms with Gasteiger partial charge < -0.3 is 9.80 Å². The van der Waals surface area contributed by atoms with Crippen LogP contribution < -0.4 is 14.7 Å². The Morgan fingerprint density at radius 1 is 0.923 bits per heavy atom. The van der Waals surface area contributed by atoms with Crippen molar-refractivity contribution in [2.45, 2.75) is 42.0 Å². The summed E-state index contributed by atoms with van der Waals surface area (Å²) < 4.78 is 1.53. The molecule has 0 N–H and O–H groups in total. The molecule has 2 fully saturated rings. The summed E-state index contributed by atoms with van der Waals surface area (Å²) in [6.45, 7) is 1.36. The molecule has 0 saturated carbocycles. The maximum absolute atomic E-state index is 13.9. The average molecular weight is 563 g/mol. The Balaban J connectivity index is 1.44. The normalized spacial score (nSPS) is 22.6. The molecule has 0 radical (unpaired) electrons. The number of hydrogen-bond donors (Lipinski definition) is 0. The van der Waals surface area contributed by atoms with Crippen LogP contribution in [0, 0.1) is 5.92 Å². The van der Waals surface area contributed by atoms with Gasteiger partial charge in [0.1, 0.15) is 11.8 Å². The van der Waals surface area contributed by atoms with Crippen molar-refractivity contribution in [2.24, 2.45) is 5.92 Å². The zero-order valence-electron chi connectivity index (χ0n) is 21.9. The van der Waals surface area contributed by atoms with E-state index in [2.05, 4.69) is 0 Å². The number of anilines is 2. The van der Waals surface area contributed by atoms with Gasteiger partial charge in [-0.05, 0) is 49.1 Å². The molecule has 3 aromatic rings. The largest absolute Gasteiger partial charge is 0.378 e. The number of rotatable bonds is 5. The average Bonchev–Trinajstić information content (AvgIpc) is 3.40. The maximum Gasteiger partial charge on any atom is 0.308 e. The van der Waals surface area contributed by atoms with Crippen LogP contribution in [0.25, 0.3) is 0 Å².